The summed E-state index contributed by atoms with van der Waals surface area (Å²) in [6.07, 6.45) is 2.59. The number of nitriles is 1. The van der Waals surface area contributed by atoms with E-state index in [9.17, 15) is 10.1 Å². The zero-order chi connectivity index (χ0) is 17.7. The Kier molecular flexibility index (Phi) is 5.83. The third-order valence-electron chi connectivity index (χ3n) is 3.72. The Balaban J connectivity index is 2.26. The first-order valence-electron chi connectivity index (χ1n) is 7.72. The number of halogens is 1. The smallest absolute Gasteiger partial charge is 0.354 e. The summed E-state index contributed by atoms with van der Waals surface area (Å²) in [6, 6.07) is 10.3. The van der Waals surface area contributed by atoms with Crippen molar-refractivity contribution in [2.75, 3.05) is 0 Å². The van der Waals surface area contributed by atoms with Crippen molar-refractivity contribution < 1.29 is 9.53 Å². The van der Waals surface area contributed by atoms with Crippen LogP contribution in [0.1, 0.15) is 30.3 Å². The van der Waals surface area contributed by atoms with E-state index in [-0.39, 0.29) is 5.57 Å². The molecule has 0 bridgehead atoms. The van der Waals surface area contributed by atoms with Gasteiger partial charge in [0.2, 0.25) is 0 Å². The van der Waals surface area contributed by atoms with Gasteiger partial charge in [0, 0.05) is 23.0 Å². The maximum absolute atomic E-state index is 12.2. The predicted molar refractivity (Wildman–Crippen MR) is 94.9 cm³/mol. The Morgan fingerprint density at radius 2 is 2.00 bits per heavy atom. The van der Waals surface area contributed by atoms with Crippen LogP contribution in [0.2, 0.25) is 5.02 Å². The lowest BCUT2D eigenvalue weighted by atomic mass is 10.1. The maximum Gasteiger partial charge on any atom is 0.354 e. The van der Waals surface area contributed by atoms with Crippen LogP contribution in [-0.2, 0) is 11.3 Å². The molecule has 0 unspecified atom stereocenters. The molecule has 0 saturated heterocycles. The molecule has 2 rings (SSSR count). The monoisotopic (exact) mass is 342 g/mol. The van der Waals surface area contributed by atoms with E-state index in [1.807, 2.05) is 26.0 Å². The predicted octanol–water partition coefficient (Wildman–Crippen LogP) is 4.68. The zero-order valence-electron chi connectivity index (χ0n) is 14.0. The lowest BCUT2D eigenvalue weighted by Gasteiger charge is -2.07. The van der Waals surface area contributed by atoms with E-state index in [4.69, 9.17) is 16.3 Å². The van der Waals surface area contributed by atoms with Crippen molar-refractivity contribution >= 4 is 23.6 Å². The van der Waals surface area contributed by atoms with Crippen molar-refractivity contribution in [2.45, 2.75) is 33.7 Å². The average Bonchev–Trinajstić information content (AvgIpc) is 2.82. The number of carbonyl (C=O) groups excluding carboxylic acids is 1. The molecule has 0 fully saturated rings. The molecule has 1 heterocycles. The van der Waals surface area contributed by atoms with Crippen molar-refractivity contribution in [2.24, 2.45) is 0 Å². The molecular formula is C19H19ClN2O2. The Labute approximate surface area is 146 Å². The van der Waals surface area contributed by atoms with E-state index in [1.54, 1.807) is 30.3 Å². The van der Waals surface area contributed by atoms with Gasteiger partial charge in [0.1, 0.15) is 17.4 Å². The summed E-state index contributed by atoms with van der Waals surface area (Å²) in [4.78, 5) is 12.2. The van der Waals surface area contributed by atoms with Crippen LogP contribution in [0.15, 0.2) is 35.9 Å². The van der Waals surface area contributed by atoms with Gasteiger partial charge < -0.3 is 9.30 Å². The van der Waals surface area contributed by atoms with Crippen molar-refractivity contribution in [1.29, 1.82) is 5.26 Å². The Bertz CT molecular complexity index is 811. The number of nitrogens with zero attached hydrogens (tertiary/aromatic N) is 2. The van der Waals surface area contributed by atoms with Crippen molar-refractivity contribution in [3.8, 4) is 11.8 Å². The van der Waals surface area contributed by atoms with E-state index in [2.05, 4.69) is 11.5 Å². The van der Waals surface area contributed by atoms with Crippen LogP contribution < -0.4 is 4.74 Å². The first-order chi connectivity index (χ1) is 11.5. The first kappa shape index (κ1) is 17.8. The van der Waals surface area contributed by atoms with Gasteiger partial charge in [-0.2, -0.15) is 5.26 Å². The summed E-state index contributed by atoms with van der Waals surface area (Å²) >= 11 is 5.80. The molecule has 1 aromatic heterocycles. The molecule has 0 atom stereocenters. The summed E-state index contributed by atoms with van der Waals surface area (Å²) < 4.78 is 7.40. The number of hydrogen-bond acceptors (Lipinski definition) is 3. The van der Waals surface area contributed by atoms with Gasteiger partial charge in [-0.15, -0.1) is 0 Å². The largest absolute Gasteiger partial charge is 0.422 e. The van der Waals surface area contributed by atoms with Gasteiger partial charge in [0.05, 0.1) is 0 Å². The van der Waals surface area contributed by atoms with Crippen LogP contribution >= 0.6 is 11.6 Å². The number of rotatable bonds is 5. The van der Waals surface area contributed by atoms with Crippen LogP contribution in [0.3, 0.4) is 0 Å². The fourth-order valence-corrected chi connectivity index (χ4v) is 2.62. The fourth-order valence-electron chi connectivity index (χ4n) is 2.50. The van der Waals surface area contributed by atoms with Gasteiger partial charge in [-0.1, -0.05) is 18.5 Å². The van der Waals surface area contributed by atoms with Crippen LogP contribution in [0, 0.1) is 25.2 Å². The summed E-state index contributed by atoms with van der Waals surface area (Å²) in [5, 5.41) is 9.85. The Morgan fingerprint density at radius 1 is 1.33 bits per heavy atom. The van der Waals surface area contributed by atoms with Gasteiger partial charge in [0.25, 0.3) is 0 Å². The number of carbonyl (C=O) groups is 1. The van der Waals surface area contributed by atoms with Crippen LogP contribution in [-0.4, -0.2) is 10.5 Å². The highest BCUT2D eigenvalue weighted by atomic mass is 35.5. The molecule has 0 radical (unpaired) electrons. The molecule has 124 valence electrons. The quantitative estimate of drug-likeness (QED) is 0.343. The Hall–Kier alpha value is -2.51. The van der Waals surface area contributed by atoms with Gasteiger partial charge in [-0.05, 0) is 62.2 Å². The molecule has 0 aliphatic heterocycles. The lowest BCUT2D eigenvalue weighted by Crippen LogP contribution is -2.10. The molecule has 24 heavy (non-hydrogen) atoms. The normalized spacial score (nSPS) is 11.2. The minimum atomic E-state index is -0.680. The summed E-state index contributed by atoms with van der Waals surface area (Å²) in [7, 11) is 0. The van der Waals surface area contributed by atoms with Crippen LogP contribution in [0.5, 0.6) is 5.75 Å². The number of aromatic nitrogens is 1. The number of ether oxygens (including phenoxy) is 1. The molecule has 0 aliphatic carbocycles. The molecule has 0 saturated carbocycles. The second-order valence-electron chi connectivity index (χ2n) is 5.49. The van der Waals surface area contributed by atoms with Gasteiger partial charge in [0.15, 0.2) is 0 Å². The molecule has 0 N–H and O–H groups in total. The molecule has 0 spiro atoms. The molecular weight excluding hydrogens is 324 g/mol. The van der Waals surface area contributed by atoms with E-state index >= 15 is 0 Å². The van der Waals surface area contributed by atoms with Crippen molar-refractivity contribution in [3.63, 3.8) is 0 Å². The second-order valence-corrected chi connectivity index (χ2v) is 5.93. The van der Waals surface area contributed by atoms with Gasteiger partial charge >= 0.3 is 5.97 Å². The van der Waals surface area contributed by atoms with Crippen LogP contribution in [0.4, 0.5) is 0 Å². The number of esters is 1. The molecule has 0 aliphatic rings. The summed E-state index contributed by atoms with van der Waals surface area (Å²) in [6.45, 7) is 7.01. The standard InChI is InChI=1S/C19H19ClN2O2/c1-4-9-22-13(2)10-15(14(22)3)11-16(12-21)19(23)24-18-7-5-17(20)6-8-18/h5-8,10-11H,4,9H2,1-3H3/b16-11+. The van der Waals surface area contributed by atoms with E-state index in [1.165, 1.54) is 0 Å². The van der Waals surface area contributed by atoms with Crippen molar-refractivity contribution in [3.05, 3.63) is 57.9 Å². The van der Waals surface area contributed by atoms with E-state index in [0.29, 0.717) is 10.8 Å². The highest BCUT2D eigenvalue weighted by molar-refractivity contribution is 6.30. The number of aryl methyl sites for hydroxylation is 1. The van der Waals surface area contributed by atoms with E-state index in [0.717, 1.165) is 29.9 Å². The third kappa shape index (κ3) is 4.06. The minimum Gasteiger partial charge on any atom is -0.422 e. The van der Waals surface area contributed by atoms with Crippen molar-refractivity contribution in [1.82, 2.24) is 4.57 Å². The summed E-state index contributed by atoms with van der Waals surface area (Å²) in [5.74, 6) is -0.331. The third-order valence-corrected chi connectivity index (χ3v) is 3.98. The number of hydrogen-bond donors (Lipinski definition) is 0. The molecule has 1 aromatic carbocycles. The van der Waals surface area contributed by atoms with Gasteiger partial charge in [-0.3, -0.25) is 0 Å². The van der Waals surface area contributed by atoms with Gasteiger partial charge in [-0.25, -0.2) is 4.79 Å². The fraction of sp³-hybridized carbons (Fsp3) is 0.263. The molecule has 5 heteroatoms. The second kappa shape index (κ2) is 7.85. The highest BCUT2D eigenvalue weighted by Gasteiger charge is 2.14. The minimum absolute atomic E-state index is 0.0401. The topological polar surface area (TPSA) is 55.0 Å². The summed E-state index contributed by atoms with van der Waals surface area (Å²) in [5.41, 5.74) is 2.94. The van der Waals surface area contributed by atoms with Crippen LogP contribution in [0.25, 0.3) is 6.08 Å². The SMILES string of the molecule is CCCn1c(C)cc(/C=C(\C#N)C(=O)Oc2ccc(Cl)cc2)c1C. The Morgan fingerprint density at radius 3 is 2.58 bits per heavy atom. The molecule has 4 nitrogen and oxygen atoms in total. The average molecular weight is 343 g/mol. The van der Waals surface area contributed by atoms with E-state index < -0.39 is 5.97 Å². The zero-order valence-corrected chi connectivity index (χ0v) is 14.7. The highest BCUT2D eigenvalue weighted by Crippen LogP contribution is 2.20. The number of benzene rings is 1. The first-order valence-corrected chi connectivity index (χ1v) is 8.10. The maximum atomic E-state index is 12.2. The molecule has 2 aromatic rings. The molecule has 0 amide bonds. The lowest BCUT2D eigenvalue weighted by molar-refractivity contribution is -0.129.